The molecule has 0 bridgehead atoms. The molecule has 1 aliphatic carbocycles. The third-order valence-corrected chi connectivity index (χ3v) is 6.59. The van der Waals surface area contributed by atoms with E-state index in [1.54, 1.807) is 11.2 Å². The van der Waals surface area contributed by atoms with Crippen LogP contribution in [0.2, 0.25) is 25.7 Å². The highest BCUT2D eigenvalue weighted by Crippen LogP contribution is 2.31. The summed E-state index contributed by atoms with van der Waals surface area (Å²) in [6.45, 7) is 14.9. The van der Waals surface area contributed by atoms with Crippen molar-refractivity contribution in [2.24, 2.45) is 5.92 Å². The molecular formula is C21H41NO3Si. The Morgan fingerprint density at radius 3 is 2.12 bits per heavy atom. The average molecular weight is 384 g/mol. The minimum atomic E-state index is -1.36. The summed E-state index contributed by atoms with van der Waals surface area (Å²) >= 11 is 0. The van der Waals surface area contributed by atoms with E-state index in [9.17, 15) is 9.90 Å². The maximum atomic E-state index is 12.5. The number of nitrogens with zero attached hydrogens (tertiary/aromatic N) is 1. The maximum Gasteiger partial charge on any atom is 0.415 e. The largest absolute Gasteiger partial charge is 0.418 e. The Bertz CT molecular complexity index is 454. The van der Waals surface area contributed by atoms with Gasteiger partial charge >= 0.3 is 6.09 Å². The lowest BCUT2D eigenvalue weighted by molar-refractivity contribution is 0.0829. The fourth-order valence-corrected chi connectivity index (χ4v) is 5.60. The van der Waals surface area contributed by atoms with E-state index in [0.29, 0.717) is 12.3 Å². The number of aliphatic hydroxyl groups is 1. The highest BCUT2D eigenvalue weighted by atomic mass is 28.3. The van der Waals surface area contributed by atoms with E-state index in [1.165, 1.54) is 19.3 Å². The Morgan fingerprint density at radius 2 is 1.65 bits per heavy atom. The first kappa shape index (κ1) is 23.2. The smallest absolute Gasteiger partial charge is 0.415 e. The third kappa shape index (κ3) is 8.25. The molecule has 152 valence electrons. The van der Waals surface area contributed by atoms with E-state index >= 15 is 0 Å². The van der Waals surface area contributed by atoms with Gasteiger partial charge in [0.25, 0.3) is 0 Å². The number of hydrogen-bond acceptors (Lipinski definition) is 3. The van der Waals surface area contributed by atoms with E-state index in [2.05, 4.69) is 19.6 Å². The number of ether oxygens (including phenoxy) is 1. The second-order valence-electron chi connectivity index (χ2n) is 9.66. The molecule has 1 amide bonds. The van der Waals surface area contributed by atoms with Crippen LogP contribution in [-0.4, -0.2) is 42.4 Å². The Labute approximate surface area is 162 Å². The lowest BCUT2D eigenvalue weighted by Gasteiger charge is -2.30. The molecule has 1 aliphatic rings. The SMILES string of the molecule is CC(C)N(C(=O)O/C=C(/CC(O)C1CCCCC1)C[Si](C)(C)C)C(C)C. The van der Waals surface area contributed by atoms with Crippen molar-refractivity contribution in [1.29, 1.82) is 0 Å². The van der Waals surface area contributed by atoms with Crippen molar-refractivity contribution in [3.05, 3.63) is 11.8 Å². The molecule has 0 radical (unpaired) electrons. The number of carbonyl (C=O) groups is 1. The van der Waals surface area contributed by atoms with Gasteiger partial charge in [-0.25, -0.2) is 4.79 Å². The summed E-state index contributed by atoms with van der Waals surface area (Å²) in [5.74, 6) is 0.396. The predicted molar refractivity (Wildman–Crippen MR) is 112 cm³/mol. The summed E-state index contributed by atoms with van der Waals surface area (Å²) in [6, 6.07) is 1.15. The van der Waals surface area contributed by atoms with Crippen LogP contribution in [0.15, 0.2) is 11.8 Å². The van der Waals surface area contributed by atoms with E-state index < -0.39 is 8.07 Å². The minimum absolute atomic E-state index is 0.101. The third-order valence-electron chi connectivity index (χ3n) is 5.07. The van der Waals surface area contributed by atoms with E-state index in [4.69, 9.17) is 4.74 Å². The van der Waals surface area contributed by atoms with Gasteiger partial charge < -0.3 is 14.7 Å². The van der Waals surface area contributed by atoms with Crippen LogP contribution in [0.25, 0.3) is 0 Å². The molecule has 0 heterocycles. The lowest BCUT2D eigenvalue weighted by atomic mass is 9.83. The molecule has 5 heteroatoms. The summed E-state index contributed by atoms with van der Waals surface area (Å²) in [6.07, 6.45) is 7.64. The number of amides is 1. The highest BCUT2D eigenvalue weighted by molar-refractivity contribution is 6.76. The number of carbonyl (C=O) groups excluding carboxylic acids is 1. The molecular weight excluding hydrogens is 342 g/mol. The zero-order valence-electron chi connectivity index (χ0n) is 18.0. The molecule has 1 N–H and O–H groups in total. The Kier molecular flexibility index (Phi) is 9.38. The molecule has 1 rings (SSSR count). The first-order valence-corrected chi connectivity index (χ1v) is 14.1. The van der Waals surface area contributed by atoms with Gasteiger partial charge in [-0.2, -0.15) is 0 Å². The van der Waals surface area contributed by atoms with Crippen molar-refractivity contribution in [3.63, 3.8) is 0 Å². The van der Waals surface area contributed by atoms with Crippen LogP contribution >= 0.6 is 0 Å². The average Bonchev–Trinajstić information content (AvgIpc) is 2.51. The second kappa shape index (κ2) is 10.5. The van der Waals surface area contributed by atoms with Crippen LogP contribution < -0.4 is 0 Å². The summed E-state index contributed by atoms with van der Waals surface area (Å²) in [7, 11) is -1.36. The summed E-state index contributed by atoms with van der Waals surface area (Å²) in [5.41, 5.74) is 1.09. The highest BCUT2D eigenvalue weighted by Gasteiger charge is 2.26. The molecule has 0 aliphatic heterocycles. The van der Waals surface area contributed by atoms with Gasteiger partial charge in [-0.3, -0.25) is 0 Å². The number of aliphatic hydroxyl groups excluding tert-OH is 1. The first-order chi connectivity index (χ1) is 12.0. The molecule has 1 fully saturated rings. The first-order valence-electron chi connectivity index (χ1n) is 10.4. The molecule has 0 saturated heterocycles. The summed E-state index contributed by atoms with van der Waals surface area (Å²) in [4.78, 5) is 14.2. The standard InChI is InChI=1S/C21H41NO3Si/c1-16(2)22(17(3)4)21(24)25-14-18(15-26(5,6)7)13-20(23)19-11-9-8-10-12-19/h14,16-17,19-20,23H,8-13,15H2,1-7H3/b18-14-. The van der Waals surface area contributed by atoms with Gasteiger partial charge in [-0.15, -0.1) is 0 Å². The van der Waals surface area contributed by atoms with Gasteiger partial charge in [0.1, 0.15) is 0 Å². The monoisotopic (exact) mass is 383 g/mol. The zero-order valence-corrected chi connectivity index (χ0v) is 19.0. The molecule has 1 unspecified atom stereocenters. The molecule has 1 saturated carbocycles. The van der Waals surface area contributed by atoms with Crippen LogP contribution in [0.1, 0.15) is 66.2 Å². The zero-order chi connectivity index (χ0) is 19.9. The molecule has 0 aromatic rings. The van der Waals surface area contributed by atoms with E-state index in [-0.39, 0.29) is 24.3 Å². The second-order valence-corrected chi connectivity index (χ2v) is 15.1. The van der Waals surface area contributed by atoms with Crippen molar-refractivity contribution in [2.75, 3.05) is 0 Å². The molecule has 4 nitrogen and oxygen atoms in total. The predicted octanol–water partition coefficient (Wildman–Crippen LogP) is 5.80. The Hall–Kier alpha value is -0.813. The fraction of sp³-hybridized carbons (Fsp3) is 0.857. The van der Waals surface area contributed by atoms with Crippen molar-refractivity contribution >= 4 is 14.2 Å². The topological polar surface area (TPSA) is 49.8 Å². The van der Waals surface area contributed by atoms with Crippen LogP contribution in [-0.2, 0) is 4.74 Å². The van der Waals surface area contributed by atoms with Crippen molar-refractivity contribution < 1.29 is 14.6 Å². The molecule has 0 aromatic carbocycles. The number of hydrogen-bond donors (Lipinski definition) is 1. The van der Waals surface area contributed by atoms with Gasteiger partial charge in [-0.1, -0.05) is 38.9 Å². The number of rotatable bonds is 8. The maximum absolute atomic E-state index is 12.5. The van der Waals surface area contributed by atoms with E-state index in [1.807, 2.05) is 27.7 Å². The van der Waals surface area contributed by atoms with Crippen LogP contribution in [0.5, 0.6) is 0 Å². The minimum Gasteiger partial charge on any atom is -0.418 e. The molecule has 0 aromatic heterocycles. The molecule has 1 atom stereocenters. The van der Waals surface area contributed by atoms with Crippen molar-refractivity contribution in [3.8, 4) is 0 Å². The van der Waals surface area contributed by atoms with E-state index in [0.717, 1.165) is 24.5 Å². The van der Waals surface area contributed by atoms with Crippen molar-refractivity contribution in [2.45, 2.75) is 110 Å². The van der Waals surface area contributed by atoms with Gasteiger partial charge in [0.05, 0.1) is 12.4 Å². The normalized spacial score (nSPS) is 18.3. The van der Waals surface area contributed by atoms with Gasteiger partial charge in [0.15, 0.2) is 0 Å². The van der Waals surface area contributed by atoms with Gasteiger partial charge in [0, 0.05) is 20.2 Å². The van der Waals surface area contributed by atoms with Crippen LogP contribution in [0.3, 0.4) is 0 Å². The Balaban J connectivity index is 2.80. The fourth-order valence-electron chi connectivity index (χ4n) is 4.01. The van der Waals surface area contributed by atoms with Crippen LogP contribution in [0, 0.1) is 5.92 Å². The van der Waals surface area contributed by atoms with Crippen molar-refractivity contribution in [1.82, 2.24) is 4.90 Å². The molecule has 26 heavy (non-hydrogen) atoms. The summed E-state index contributed by atoms with van der Waals surface area (Å²) < 4.78 is 5.56. The van der Waals surface area contributed by atoms with Crippen LogP contribution in [0.4, 0.5) is 4.79 Å². The van der Waals surface area contributed by atoms with Gasteiger partial charge in [-0.05, 0) is 64.5 Å². The lowest BCUT2D eigenvalue weighted by Crippen LogP contribution is -2.41. The summed E-state index contributed by atoms with van der Waals surface area (Å²) in [5, 5.41) is 10.7. The molecule has 0 spiro atoms. The Morgan fingerprint density at radius 1 is 1.12 bits per heavy atom. The van der Waals surface area contributed by atoms with Gasteiger partial charge in [0.2, 0.25) is 0 Å². The quantitative estimate of drug-likeness (QED) is 0.426.